The van der Waals surface area contributed by atoms with E-state index in [0.29, 0.717) is 0 Å². The van der Waals surface area contributed by atoms with Crippen molar-refractivity contribution in [2.45, 2.75) is 75.6 Å². The Bertz CT molecular complexity index is 1250. The second kappa shape index (κ2) is 12.6. The van der Waals surface area contributed by atoms with Crippen LogP contribution in [0.1, 0.15) is 38.8 Å². The van der Waals surface area contributed by atoms with Gasteiger partial charge in [-0.15, -0.1) is 0 Å². The number of alkyl halides is 6. The summed E-state index contributed by atoms with van der Waals surface area (Å²) in [6.45, 7) is 2.78. The summed E-state index contributed by atoms with van der Waals surface area (Å²) in [5.41, 5.74) is -3.90. The van der Waals surface area contributed by atoms with Gasteiger partial charge in [0.1, 0.15) is 12.7 Å². The Balaban J connectivity index is 2.67. The highest BCUT2D eigenvalue weighted by Gasteiger charge is 2.53. The molecule has 230 valence electrons. The SMILES string of the molecule is CC(=O)OCC1O[C@@H](NS(=O)(=O)c2cc(C(F)(F)F)cc(C(F)(F)F)c2)C(OC(C)=O)[C@@H](OC(C)=O)[C@H]1OC(C)=O. The fourth-order valence-electron chi connectivity index (χ4n) is 3.63. The van der Waals surface area contributed by atoms with Crippen molar-refractivity contribution in [2.75, 3.05) is 6.61 Å². The molecule has 1 aromatic carbocycles. The highest BCUT2D eigenvalue weighted by Crippen LogP contribution is 2.37. The van der Waals surface area contributed by atoms with Crippen molar-refractivity contribution in [1.29, 1.82) is 0 Å². The molecule has 0 saturated carbocycles. The van der Waals surface area contributed by atoms with Gasteiger partial charge in [0.2, 0.25) is 10.0 Å². The van der Waals surface area contributed by atoms with Crippen molar-refractivity contribution in [1.82, 2.24) is 4.72 Å². The molecule has 0 aromatic heterocycles. The lowest BCUT2D eigenvalue weighted by atomic mass is 9.97. The second-order valence-corrected chi connectivity index (χ2v) is 10.2. The van der Waals surface area contributed by atoms with Crippen LogP contribution in [0.2, 0.25) is 0 Å². The first kappa shape index (κ1) is 33.8. The van der Waals surface area contributed by atoms with E-state index < -0.39 is 99.5 Å². The van der Waals surface area contributed by atoms with Crippen LogP contribution in [0, 0.1) is 0 Å². The third-order valence-corrected chi connectivity index (χ3v) is 6.53. The Labute approximate surface area is 228 Å². The monoisotopic (exact) mass is 623 g/mol. The molecule has 1 saturated heterocycles. The average Bonchev–Trinajstić information content (AvgIpc) is 2.79. The second-order valence-electron chi connectivity index (χ2n) is 8.48. The number of hydrogen-bond acceptors (Lipinski definition) is 11. The van der Waals surface area contributed by atoms with Gasteiger partial charge < -0.3 is 23.7 Å². The standard InChI is InChI=1S/C22H23F6NO11S/c1-9(30)36-8-16-17(37-10(2)31)18(38-11(3)32)19(39-12(4)33)20(40-16)29-41(34,35)15-6-13(21(23,24)25)5-14(7-15)22(26,27)28/h5-7,16-20,29H,8H2,1-4H3/t16?,17-,18-,19?,20+/m0/s1. The zero-order valence-electron chi connectivity index (χ0n) is 21.5. The van der Waals surface area contributed by atoms with E-state index in [1.807, 2.05) is 0 Å². The number of benzene rings is 1. The minimum absolute atomic E-state index is 0.0806. The molecular weight excluding hydrogens is 600 g/mol. The molecule has 5 atom stereocenters. The molecule has 2 rings (SSSR count). The van der Waals surface area contributed by atoms with Crippen LogP contribution in [-0.2, 0) is 65.2 Å². The van der Waals surface area contributed by atoms with Crippen LogP contribution in [0.4, 0.5) is 26.3 Å². The molecule has 1 heterocycles. The summed E-state index contributed by atoms with van der Waals surface area (Å²) < 4.78 is 133. The van der Waals surface area contributed by atoms with Gasteiger partial charge >= 0.3 is 36.2 Å². The van der Waals surface area contributed by atoms with Gasteiger partial charge in [-0.05, 0) is 18.2 Å². The molecule has 1 fully saturated rings. The third kappa shape index (κ3) is 9.28. The lowest BCUT2D eigenvalue weighted by Gasteiger charge is -2.44. The Kier molecular flexibility index (Phi) is 10.4. The first-order valence-electron chi connectivity index (χ1n) is 11.2. The summed E-state index contributed by atoms with van der Waals surface area (Å²) in [6, 6.07) is -0.459. The van der Waals surface area contributed by atoms with Crippen LogP contribution in [0.3, 0.4) is 0 Å². The fraction of sp³-hybridized carbons (Fsp3) is 0.545. The van der Waals surface area contributed by atoms with E-state index in [1.165, 1.54) is 0 Å². The van der Waals surface area contributed by atoms with Gasteiger partial charge in [0.15, 0.2) is 24.5 Å². The number of rotatable bonds is 8. The van der Waals surface area contributed by atoms with E-state index in [2.05, 4.69) is 0 Å². The van der Waals surface area contributed by atoms with Crippen LogP contribution in [0.25, 0.3) is 0 Å². The van der Waals surface area contributed by atoms with E-state index in [0.717, 1.165) is 27.7 Å². The molecule has 1 N–H and O–H groups in total. The van der Waals surface area contributed by atoms with Gasteiger partial charge in [0.05, 0.1) is 16.0 Å². The number of nitrogens with one attached hydrogen (secondary N) is 1. The molecule has 12 nitrogen and oxygen atoms in total. The van der Waals surface area contributed by atoms with Crippen LogP contribution < -0.4 is 4.72 Å². The number of carbonyl (C=O) groups is 4. The molecule has 1 aromatic rings. The Morgan fingerprint density at radius 2 is 1.20 bits per heavy atom. The summed E-state index contributed by atoms with van der Waals surface area (Å²) in [7, 11) is -5.36. The van der Waals surface area contributed by atoms with Gasteiger partial charge in [0, 0.05) is 27.7 Å². The van der Waals surface area contributed by atoms with Crippen LogP contribution in [-0.4, -0.2) is 69.5 Å². The zero-order chi connectivity index (χ0) is 31.5. The third-order valence-electron chi connectivity index (χ3n) is 5.13. The lowest BCUT2D eigenvalue weighted by molar-refractivity contribution is -0.254. The summed E-state index contributed by atoms with van der Waals surface area (Å²) in [4.78, 5) is 45.3. The summed E-state index contributed by atoms with van der Waals surface area (Å²) in [5.74, 6) is -4.12. The number of hydrogen-bond donors (Lipinski definition) is 1. The first-order chi connectivity index (χ1) is 18.6. The number of ether oxygens (including phenoxy) is 5. The van der Waals surface area contributed by atoms with E-state index in [-0.39, 0.29) is 18.2 Å². The van der Waals surface area contributed by atoms with E-state index >= 15 is 0 Å². The largest absolute Gasteiger partial charge is 0.463 e. The molecular formula is C22H23F6NO11S. The maximum Gasteiger partial charge on any atom is 0.416 e. The summed E-state index contributed by atoms with van der Waals surface area (Å²) >= 11 is 0. The van der Waals surface area contributed by atoms with Crippen LogP contribution in [0.15, 0.2) is 23.1 Å². The van der Waals surface area contributed by atoms with Crippen LogP contribution in [0.5, 0.6) is 0 Å². The normalized spacial score (nSPS) is 23.3. The van der Waals surface area contributed by atoms with Crippen molar-refractivity contribution >= 4 is 33.9 Å². The fourth-order valence-corrected chi connectivity index (χ4v) is 4.82. The molecule has 19 heteroatoms. The van der Waals surface area contributed by atoms with Crippen LogP contribution >= 0.6 is 0 Å². The van der Waals surface area contributed by atoms with Gasteiger partial charge in [-0.25, -0.2) is 8.42 Å². The van der Waals surface area contributed by atoms with Gasteiger partial charge in [0.25, 0.3) is 0 Å². The molecule has 0 amide bonds. The molecule has 0 bridgehead atoms. The Morgan fingerprint density at radius 3 is 1.61 bits per heavy atom. The molecule has 1 aliphatic heterocycles. The van der Waals surface area contributed by atoms with E-state index in [9.17, 15) is 53.9 Å². The molecule has 41 heavy (non-hydrogen) atoms. The Morgan fingerprint density at radius 1 is 0.756 bits per heavy atom. The van der Waals surface area contributed by atoms with Gasteiger partial charge in [-0.2, -0.15) is 31.1 Å². The maximum atomic E-state index is 13.3. The van der Waals surface area contributed by atoms with Crippen molar-refractivity contribution in [2.24, 2.45) is 0 Å². The molecule has 0 radical (unpaired) electrons. The minimum atomic E-state index is -5.39. The molecule has 0 spiro atoms. The lowest BCUT2D eigenvalue weighted by Crippen LogP contribution is -2.66. The average molecular weight is 623 g/mol. The predicted octanol–water partition coefficient (Wildman–Crippen LogP) is 2.09. The zero-order valence-corrected chi connectivity index (χ0v) is 22.3. The minimum Gasteiger partial charge on any atom is -0.463 e. The molecule has 0 aliphatic carbocycles. The number of halogens is 6. The quantitative estimate of drug-likeness (QED) is 0.257. The highest BCUT2D eigenvalue weighted by atomic mass is 32.2. The predicted molar refractivity (Wildman–Crippen MR) is 119 cm³/mol. The van der Waals surface area contributed by atoms with E-state index in [1.54, 1.807) is 4.72 Å². The number of carbonyl (C=O) groups excluding carboxylic acids is 4. The number of sulfonamides is 1. The van der Waals surface area contributed by atoms with E-state index in [4.69, 9.17) is 23.7 Å². The smallest absolute Gasteiger partial charge is 0.416 e. The van der Waals surface area contributed by atoms with Crippen molar-refractivity contribution in [3.8, 4) is 0 Å². The molecule has 2 unspecified atom stereocenters. The summed E-state index contributed by atoms with van der Waals surface area (Å²) in [6.07, 6.45) is -20.2. The summed E-state index contributed by atoms with van der Waals surface area (Å²) in [5, 5.41) is 0. The first-order valence-corrected chi connectivity index (χ1v) is 12.7. The van der Waals surface area contributed by atoms with Crippen molar-refractivity contribution < 1.29 is 77.6 Å². The van der Waals surface area contributed by atoms with Crippen molar-refractivity contribution in [3.05, 3.63) is 29.3 Å². The van der Waals surface area contributed by atoms with Gasteiger partial charge in [-0.3, -0.25) is 19.2 Å². The highest BCUT2D eigenvalue weighted by molar-refractivity contribution is 7.89. The van der Waals surface area contributed by atoms with Gasteiger partial charge in [-0.1, -0.05) is 0 Å². The number of esters is 4. The topological polar surface area (TPSA) is 161 Å². The Hall–Kier alpha value is -3.45. The maximum absolute atomic E-state index is 13.3. The van der Waals surface area contributed by atoms with Crippen molar-refractivity contribution in [3.63, 3.8) is 0 Å². The molecule has 1 aliphatic rings.